The van der Waals surface area contributed by atoms with Gasteiger partial charge in [-0.15, -0.1) is 11.8 Å². The van der Waals surface area contributed by atoms with Gasteiger partial charge in [0.15, 0.2) is 0 Å². The number of aryl methyl sites for hydroxylation is 1. The first-order valence-electron chi connectivity index (χ1n) is 7.88. The number of carbonyl (C=O) groups excluding carboxylic acids is 1. The van der Waals surface area contributed by atoms with Crippen molar-refractivity contribution in [3.8, 4) is 0 Å². The molecule has 0 aliphatic heterocycles. The fourth-order valence-corrected chi connectivity index (χ4v) is 4.11. The monoisotopic (exact) mass is 431 g/mol. The molecule has 8 heteroatoms. The number of amides is 2. The number of nitrogens with one attached hydrogen (secondary N) is 1. The van der Waals surface area contributed by atoms with Gasteiger partial charge in [-0.3, -0.25) is 4.98 Å². The van der Waals surface area contributed by atoms with Crippen LogP contribution in [0.3, 0.4) is 0 Å². The molecule has 0 spiro atoms. The van der Waals surface area contributed by atoms with Crippen LogP contribution in [-0.2, 0) is 0 Å². The topological polar surface area (TPSA) is 45.2 Å². The number of aromatic nitrogens is 1. The zero-order chi connectivity index (χ0) is 19.6. The fourth-order valence-electron chi connectivity index (χ4n) is 2.26. The van der Waals surface area contributed by atoms with Crippen LogP contribution in [0.2, 0.25) is 15.1 Å². The van der Waals surface area contributed by atoms with E-state index >= 15 is 0 Å². The minimum atomic E-state index is -0.210. The molecule has 4 nitrogen and oxygen atoms in total. The van der Waals surface area contributed by atoms with Gasteiger partial charge in [-0.2, -0.15) is 0 Å². The molecule has 0 fully saturated rings. The van der Waals surface area contributed by atoms with Crippen LogP contribution in [0.25, 0.3) is 0 Å². The van der Waals surface area contributed by atoms with Gasteiger partial charge in [0, 0.05) is 24.7 Å². The summed E-state index contributed by atoms with van der Waals surface area (Å²) in [4.78, 5) is 18.6. The molecule has 2 amide bonds. The highest BCUT2D eigenvalue weighted by Crippen LogP contribution is 2.42. The molecule has 0 saturated heterocycles. The molecule has 1 N–H and O–H groups in total. The molecule has 140 valence electrons. The summed E-state index contributed by atoms with van der Waals surface area (Å²) in [5, 5.41) is 4.47. The zero-order valence-electron chi connectivity index (χ0n) is 15.2. The molecule has 2 aromatic rings. The number of pyridine rings is 1. The predicted octanol–water partition coefficient (Wildman–Crippen LogP) is 6.61. The van der Waals surface area contributed by atoms with E-state index in [0.717, 1.165) is 21.8 Å². The second-order valence-electron chi connectivity index (χ2n) is 6.07. The number of nitrogens with zero attached hydrogens (tertiary/aromatic N) is 2. The average Bonchev–Trinajstić information content (AvgIpc) is 2.58. The molecular formula is C18H20Cl3N3OS. The number of halogens is 3. The molecule has 0 bridgehead atoms. The highest BCUT2D eigenvalue weighted by Gasteiger charge is 2.19. The third-order valence-electron chi connectivity index (χ3n) is 3.77. The lowest BCUT2D eigenvalue weighted by Gasteiger charge is -2.17. The third-order valence-corrected chi connectivity index (χ3v) is 6.41. The minimum Gasteiger partial charge on any atom is -0.331 e. The second-order valence-corrected chi connectivity index (χ2v) is 8.61. The van der Waals surface area contributed by atoms with E-state index < -0.39 is 0 Å². The van der Waals surface area contributed by atoms with Crippen molar-refractivity contribution in [2.45, 2.75) is 30.9 Å². The lowest BCUT2D eigenvalue weighted by atomic mass is 10.2. The van der Waals surface area contributed by atoms with E-state index in [0.29, 0.717) is 20.8 Å². The van der Waals surface area contributed by atoms with Crippen molar-refractivity contribution in [1.82, 2.24) is 9.88 Å². The summed E-state index contributed by atoms with van der Waals surface area (Å²) in [7, 11) is 3.35. The van der Waals surface area contributed by atoms with Crippen molar-refractivity contribution in [1.29, 1.82) is 0 Å². The van der Waals surface area contributed by atoms with E-state index in [1.54, 1.807) is 31.9 Å². The van der Waals surface area contributed by atoms with E-state index in [1.807, 2.05) is 32.9 Å². The number of rotatable bonds is 4. The Kier molecular flexibility index (Phi) is 7.08. The zero-order valence-corrected chi connectivity index (χ0v) is 18.2. The molecular weight excluding hydrogens is 413 g/mol. The maximum Gasteiger partial charge on any atom is 0.321 e. The molecule has 0 aliphatic rings. The Morgan fingerprint density at radius 1 is 1.19 bits per heavy atom. The third kappa shape index (κ3) is 4.77. The smallest absolute Gasteiger partial charge is 0.321 e. The van der Waals surface area contributed by atoms with Gasteiger partial charge < -0.3 is 10.2 Å². The Balaban J connectivity index is 2.22. The van der Waals surface area contributed by atoms with Gasteiger partial charge in [0.25, 0.3) is 0 Å². The number of hydrogen-bond donors (Lipinski definition) is 1. The van der Waals surface area contributed by atoms with Crippen LogP contribution >= 0.6 is 46.6 Å². The van der Waals surface area contributed by atoms with Crippen molar-refractivity contribution >= 4 is 58.3 Å². The molecule has 0 radical (unpaired) electrons. The molecule has 0 saturated carbocycles. The minimum absolute atomic E-state index is 0.0168. The first kappa shape index (κ1) is 21.2. The maximum absolute atomic E-state index is 11.7. The van der Waals surface area contributed by atoms with Crippen LogP contribution in [0.4, 0.5) is 10.5 Å². The standard InChI is InChI=1S/C18H20Cl3N3OS/c1-9-15(20)10(2)22-17(16(9)21)11(3)26-14-7-6-12(8-13(14)19)23-18(25)24(4)5/h6-8,11H,1-5H3,(H,23,25). The molecule has 1 heterocycles. The normalized spacial score (nSPS) is 12.0. The van der Waals surface area contributed by atoms with Gasteiger partial charge in [-0.05, 0) is 44.5 Å². The lowest BCUT2D eigenvalue weighted by molar-refractivity contribution is 0.230. The predicted molar refractivity (Wildman–Crippen MR) is 112 cm³/mol. The second kappa shape index (κ2) is 8.70. The Morgan fingerprint density at radius 2 is 1.85 bits per heavy atom. The van der Waals surface area contributed by atoms with Gasteiger partial charge in [0.2, 0.25) is 0 Å². The van der Waals surface area contributed by atoms with Gasteiger partial charge in [-0.1, -0.05) is 34.8 Å². The first-order valence-corrected chi connectivity index (χ1v) is 9.89. The molecule has 26 heavy (non-hydrogen) atoms. The number of carbonyl (C=O) groups is 1. The van der Waals surface area contributed by atoms with Crippen molar-refractivity contribution < 1.29 is 4.79 Å². The van der Waals surface area contributed by atoms with Crippen molar-refractivity contribution in [3.63, 3.8) is 0 Å². The van der Waals surface area contributed by atoms with Crippen molar-refractivity contribution in [3.05, 3.63) is 50.2 Å². The van der Waals surface area contributed by atoms with Crippen LogP contribution in [0.1, 0.15) is 29.1 Å². The van der Waals surface area contributed by atoms with Crippen molar-refractivity contribution in [2.75, 3.05) is 19.4 Å². The molecule has 0 aliphatic carbocycles. The summed E-state index contributed by atoms with van der Waals surface area (Å²) in [5.41, 5.74) is 3.00. The number of thioether (sulfide) groups is 1. The number of urea groups is 1. The summed E-state index contributed by atoms with van der Waals surface area (Å²) in [6, 6.07) is 5.21. The van der Waals surface area contributed by atoms with Crippen LogP contribution in [-0.4, -0.2) is 30.0 Å². The average molecular weight is 433 g/mol. The van der Waals surface area contributed by atoms with E-state index in [9.17, 15) is 4.79 Å². The lowest BCUT2D eigenvalue weighted by Crippen LogP contribution is -2.27. The van der Waals surface area contributed by atoms with E-state index in [2.05, 4.69) is 10.3 Å². The molecule has 1 atom stereocenters. The number of benzene rings is 1. The highest BCUT2D eigenvalue weighted by molar-refractivity contribution is 7.99. The number of anilines is 1. The SMILES string of the molecule is Cc1nc(C(C)Sc2ccc(NC(=O)N(C)C)cc2Cl)c(Cl)c(C)c1Cl. The quantitative estimate of drug-likeness (QED) is 0.553. The van der Waals surface area contributed by atoms with E-state index in [4.69, 9.17) is 34.8 Å². The first-order chi connectivity index (χ1) is 12.1. The Labute approximate surface area is 173 Å². The fraction of sp³-hybridized carbons (Fsp3) is 0.333. The summed E-state index contributed by atoms with van der Waals surface area (Å²) < 4.78 is 0. The van der Waals surface area contributed by atoms with Crippen LogP contribution in [0, 0.1) is 13.8 Å². The molecule has 1 unspecified atom stereocenters. The highest BCUT2D eigenvalue weighted by atomic mass is 35.5. The van der Waals surface area contributed by atoms with Crippen LogP contribution in [0.5, 0.6) is 0 Å². The van der Waals surface area contributed by atoms with Crippen LogP contribution in [0.15, 0.2) is 23.1 Å². The molecule has 1 aromatic carbocycles. The van der Waals surface area contributed by atoms with Crippen LogP contribution < -0.4 is 5.32 Å². The van der Waals surface area contributed by atoms with E-state index in [-0.39, 0.29) is 11.3 Å². The molecule has 1 aromatic heterocycles. The maximum atomic E-state index is 11.7. The summed E-state index contributed by atoms with van der Waals surface area (Å²) >= 11 is 20.6. The van der Waals surface area contributed by atoms with Gasteiger partial charge in [0.05, 0.1) is 31.7 Å². The van der Waals surface area contributed by atoms with E-state index in [1.165, 1.54) is 4.90 Å². The van der Waals surface area contributed by atoms with Crippen molar-refractivity contribution in [2.24, 2.45) is 0 Å². The Morgan fingerprint density at radius 3 is 2.42 bits per heavy atom. The Hall–Kier alpha value is -1.14. The number of hydrogen-bond acceptors (Lipinski definition) is 3. The van der Waals surface area contributed by atoms with Gasteiger partial charge in [-0.25, -0.2) is 4.79 Å². The molecule has 2 rings (SSSR count). The van der Waals surface area contributed by atoms with Gasteiger partial charge >= 0.3 is 6.03 Å². The summed E-state index contributed by atoms with van der Waals surface area (Å²) in [6.07, 6.45) is 0. The summed E-state index contributed by atoms with van der Waals surface area (Å²) in [5.74, 6) is 0. The Bertz CT molecular complexity index is 843. The largest absolute Gasteiger partial charge is 0.331 e. The summed E-state index contributed by atoms with van der Waals surface area (Å²) in [6.45, 7) is 5.76. The van der Waals surface area contributed by atoms with Gasteiger partial charge in [0.1, 0.15) is 0 Å².